The number of aromatic nitrogens is 3. The molecule has 1 amide bonds. The number of Topliss-reactive ketones (excluding diaryl/α,β-unsaturated/α-hetero) is 1. The predicted molar refractivity (Wildman–Crippen MR) is 124 cm³/mol. The normalized spacial score (nSPS) is 18.5. The summed E-state index contributed by atoms with van der Waals surface area (Å²) in [7, 11) is 0. The monoisotopic (exact) mass is 462 g/mol. The zero-order valence-corrected chi connectivity index (χ0v) is 18.8. The van der Waals surface area contributed by atoms with Gasteiger partial charge in [0.2, 0.25) is 5.91 Å². The van der Waals surface area contributed by atoms with Gasteiger partial charge in [0.15, 0.2) is 34.4 Å². The third-order valence-corrected chi connectivity index (χ3v) is 6.64. The number of amides is 1. The average Bonchev–Trinajstić information content (AvgIpc) is 3.37. The first-order chi connectivity index (χ1) is 16.0. The highest BCUT2D eigenvalue weighted by molar-refractivity contribution is 7.99. The fourth-order valence-electron chi connectivity index (χ4n) is 3.90. The maximum atomic E-state index is 12.9. The Hall–Kier alpha value is -3.59. The van der Waals surface area contributed by atoms with Gasteiger partial charge in [-0.25, -0.2) is 0 Å². The van der Waals surface area contributed by atoms with Gasteiger partial charge in [-0.1, -0.05) is 30.0 Å². The SMILES string of the molecule is C=CCn1c(SCC(=O)c2ccc3c(c2)[C@H](C)C(=O)N3)nnc1[C@H]1COc2ccccc2O1. The van der Waals surface area contributed by atoms with Gasteiger partial charge in [-0.05, 0) is 42.8 Å². The Labute approximate surface area is 195 Å². The summed E-state index contributed by atoms with van der Waals surface area (Å²) in [6.45, 7) is 6.45. The molecule has 2 aromatic carbocycles. The van der Waals surface area contributed by atoms with E-state index in [-0.39, 0.29) is 23.4 Å². The number of nitrogens with zero attached hydrogens (tertiary/aromatic N) is 3. The minimum absolute atomic E-state index is 0.0461. The summed E-state index contributed by atoms with van der Waals surface area (Å²) in [4.78, 5) is 24.8. The number of rotatable bonds is 7. The van der Waals surface area contributed by atoms with Gasteiger partial charge in [0.1, 0.15) is 6.61 Å². The fourth-order valence-corrected chi connectivity index (χ4v) is 4.75. The van der Waals surface area contributed by atoms with Gasteiger partial charge in [0.05, 0.1) is 11.7 Å². The number of fused-ring (bicyclic) bond motifs is 2. The molecule has 3 heterocycles. The largest absolute Gasteiger partial charge is 0.485 e. The van der Waals surface area contributed by atoms with Crippen LogP contribution in [-0.2, 0) is 11.3 Å². The Balaban J connectivity index is 1.32. The van der Waals surface area contributed by atoms with E-state index in [4.69, 9.17) is 9.47 Å². The lowest BCUT2D eigenvalue weighted by Gasteiger charge is -2.26. The molecular weight excluding hydrogens is 440 g/mol. The summed E-state index contributed by atoms with van der Waals surface area (Å²) < 4.78 is 13.8. The van der Waals surface area contributed by atoms with Crippen molar-refractivity contribution in [1.29, 1.82) is 0 Å². The summed E-state index contributed by atoms with van der Waals surface area (Å²) in [5.74, 6) is 1.81. The van der Waals surface area contributed by atoms with Crippen molar-refractivity contribution in [2.24, 2.45) is 0 Å². The van der Waals surface area contributed by atoms with Gasteiger partial charge in [-0.3, -0.25) is 14.2 Å². The van der Waals surface area contributed by atoms with E-state index in [1.807, 2.05) is 35.8 Å². The van der Waals surface area contributed by atoms with Crippen molar-refractivity contribution in [3.8, 4) is 11.5 Å². The minimum atomic E-state index is -0.416. The number of allylic oxidation sites excluding steroid dienone is 1. The second-order valence-electron chi connectivity index (χ2n) is 7.83. The summed E-state index contributed by atoms with van der Waals surface area (Å²) in [5, 5.41) is 12.1. The van der Waals surface area contributed by atoms with Crippen molar-refractivity contribution < 1.29 is 19.1 Å². The molecule has 3 aromatic rings. The van der Waals surface area contributed by atoms with Crippen LogP contribution in [0.5, 0.6) is 11.5 Å². The molecule has 0 radical (unpaired) electrons. The number of anilines is 1. The molecule has 33 heavy (non-hydrogen) atoms. The van der Waals surface area contributed by atoms with Crippen LogP contribution in [0.2, 0.25) is 0 Å². The Kier molecular flexibility index (Phi) is 5.63. The van der Waals surface area contributed by atoms with E-state index in [1.54, 1.807) is 24.3 Å². The molecule has 0 fully saturated rings. The topological polar surface area (TPSA) is 95.3 Å². The predicted octanol–water partition coefficient (Wildman–Crippen LogP) is 4.01. The van der Waals surface area contributed by atoms with E-state index < -0.39 is 6.10 Å². The van der Waals surface area contributed by atoms with Gasteiger partial charge in [0, 0.05) is 17.8 Å². The number of ether oxygens (including phenoxy) is 2. The third-order valence-electron chi connectivity index (χ3n) is 5.68. The molecule has 2 atom stereocenters. The number of thioether (sulfide) groups is 1. The number of para-hydroxylation sites is 2. The molecule has 2 aliphatic heterocycles. The van der Waals surface area contributed by atoms with Crippen LogP contribution >= 0.6 is 11.8 Å². The molecule has 168 valence electrons. The number of carbonyl (C=O) groups excluding carboxylic acids is 2. The van der Waals surface area contributed by atoms with Crippen LogP contribution in [0.25, 0.3) is 0 Å². The molecule has 1 N–H and O–H groups in total. The number of benzene rings is 2. The second kappa shape index (κ2) is 8.74. The van der Waals surface area contributed by atoms with E-state index in [1.165, 1.54) is 11.8 Å². The molecule has 0 bridgehead atoms. The van der Waals surface area contributed by atoms with E-state index in [9.17, 15) is 9.59 Å². The molecule has 0 unspecified atom stereocenters. The highest BCUT2D eigenvalue weighted by atomic mass is 32.2. The van der Waals surface area contributed by atoms with Gasteiger partial charge in [-0.2, -0.15) is 0 Å². The van der Waals surface area contributed by atoms with Crippen molar-refractivity contribution >= 4 is 29.1 Å². The first-order valence-corrected chi connectivity index (χ1v) is 11.6. The molecule has 0 saturated heterocycles. The first kappa shape index (κ1) is 21.3. The average molecular weight is 463 g/mol. The molecule has 2 aliphatic rings. The van der Waals surface area contributed by atoms with E-state index >= 15 is 0 Å². The van der Waals surface area contributed by atoms with Crippen molar-refractivity contribution in [2.75, 3.05) is 17.7 Å². The molecule has 9 heteroatoms. The standard InChI is InChI=1S/C24H22N4O4S/c1-3-10-28-22(21-12-31-19-6-4-5-7-20(19)32-21)26-27-24(28)33-13-18(29)15-8-9-17-16(11-15)14(2)23(30)25-17/h3-9,11,14,21H,1,10,12-13H2,2H3,(H,25,30)/t14-,21+/m0/s1. The second-order valence-corrected chi connectivity index (χ2v) is 8.77. The molecule has 0 aliphatic carbocycles. The van der Waals surface area contributed by atoms with Crippen LogP contribution in [0.15, 0.2) is 60.3 Å². The lowest BCUT2D eigenvalue weighted by Crippen LogP contribution is -2.25. The Morgan fingerprint density at radius 3 is 2.91 bits per heavy atom. The van der Waals surface area contributed by atoms with E-state index in [2.05, 4.69) is 22.1 Å². The van der Waals surface area contributed by atoms with Gasteiger partial charge >= 0.3 is 0 Å². The van der Waals surface area contributed by atoms with Gasteiger partial charge in [0.25, 0.3) is 0 Å². The minimum Gasteiger partial charge on any atom is -0.485 e. The molecule has 5 rings (SSSR count). The van der Waals surface area contributed by atoms with E-state index in [0.717, 1.165) is 11.3 Å². The number of carbonyl (C=O) groups is 2. The van der Waals surface area contributed by atoms with Crippen LogP contribution in [0.4, 0.5) is 5.69 Å². The number of hydrogen-bond donors (Lipinski definition) is 1. The zero-order chi connectivity index (χ0) is 22.9. The van der Waals surface area contributed by atoms with Crippen LogP contribution in [0.1, 0.15) is 40.7 Å². The number of nitrogens with one attached hydrogen (secondary N) is 1. The van der Waals surface area contributed by atoms with Crippen LogP contribution in [0.3, 0.4) is 0 Å². The molecule has 0 saturated carbocycles. The lowest BCUT2D eigenvalue weighted by molar-refractivity contribution is -0.116. The molecule has 1 aromatic heterocycles. The van der Waals surface area contributed by atoms with Crippen LogP contribution in [-0.4, -0.2) is 38.8 Å². The van der Waals surface area contributed by atoms with Crippen LogP contribution < -0.4 is 14.8 Å². The highest BCUT2D eigenvalue weighted by Gasteiger charge is 2.29. The summed E-state index contributed by atoms with van der Waals surface area (Å²) in [6, 6.07) is 12.8. The maximum absolute atomic E-state index is 12.9. The Bertz CT molecular complexity index is 1260. The van der Waals surface area contributed by atoms with Gasteiger partial charge in [-0.15, -0.1) is 16.8 Å². The molecular formula is C24H22N4O4S. The molecule has 0 spiro atoms. The van der Waals surface area contributed by atoms with E-state index in [0.29, 0.717) is 41.2 Å². The number of ketones is 1. The maximum Gasteiger partial charge on any atom is 0.231 e. The summed E-state index contributed by atoms with van der Waals surface area (Å²) >= 11 is 1.31. The Morgan fingerprint density at radius 1 is 1.27 bits per heavy atom. The Morgan fingerprint density at radius 2 is 2.09 bits per heavy atom. The summed E-state index contributed by atoms with van der Waals surface area (Å²) in [5.41, 5.74) is 2.19. The molecule has 8 nitrogen and oxygen atoms in total. The zero-order valence-electron chi connectivity index (χ0n) is 18.0. The van der Waals surface area contributed by atoms with Crippen molar-refractivity contribution in [2.45, 2.75) is 30.6 Å². The third kappa shape index (κ3) is 4.00. The first-order valence-electron chi connectivity index (χ1n) is 10.6. The lowest BCUT2D eigenvalue weighted by atomic mass is 9.99. The highest BCUT2D eigenvalue weighted by Crippen LogP contribution is 2.36. The van der Waals surface area contributed by atoms with Crippen molar-refractivity contribution in [3.05, 3.63) is 72.1 Å². The van der Waals surface area contributed by atoms with Crippen LogP contribution in [0, 0.1) is 0 Å². The van der Waals surface area contributed by atoms with Gasteiger partial charge < -0.3 is 14.8 Å². The smallest absolute Gasteiger partial charge is 0.231 e. The van der Waals surface area contributed by atoms with Crippen molar-refractivity contribution in [3.63, 3.8) is 0 Å². The van der Waals surface area contributed by atoms with Crippen molar-refractivity contribution in [1.82, 2.24) is 14.8 Å². The number of hydrogen-bond acceptors (Lipinski definition) is 7. The quantitative estimate of drug-likeness (QED) is 0.322. The summed E-state index contributed by atoms with van der Waals surface area (Å²) in [6.07, 6.45) is 1.34. The fraction of sp³-hybridized carbons (Fsp3) is 0.250.